The third-order valence-corrected chi connectivity index (χ3v) is 18.3. The van der Waals surface area contributed by atoms with Crippen molar-refractivity contribution in [1.82, 2.24) is 40.1 Å². The number of hydrogen-bond donors (Lipinski definition) is 2. The monoisotopic (exact) mass is 1030 g/mol. The van der Waals surface area contributed by atoms with Crippen molar-refractivity contribution in [2.45, 2.75) is 140 Å². The summed E-state index contributed by atoms with van der Waals surface area (Å²) in [4.78, 5) is 58.8. The van der Waals surface area contributed by atoms with Crippen LogP contribution < -0.4 is 10.7 Å². The summed E-state index contributed by atoms with van der Waals surface area (Å²) < 4.78 is 38.7. The lowest BCUT2D eigenvalue weighted by atomic mass is 9.65. The summed E-state index contributed by atoms with van der Waals surface area (Å²) in [7, 11) is 1.75. The molecule has 0 unspecified atom stereocenters. The average Bonchev–Trinajstić information content (AvgIpc) is 4.05. The van der Waals surface area contributed by atoms with Gasteiger partial charge in [0.25, 0.3) is 5.91 Å². The van der Waals surface area contributed by atoms with Crippen molar-refractivity contribution < 1.29 is 42.8 Å². The Bertz CT molecular complexity index is 2710. The average molecular weight is 1040 g/mol. The van der Waals surface area contributed by atoms with Gasteiger partial charge in [0.1, 0.15) is 23.2 Å². The van der Waals surface area contributed by atoms with E-state index in [1.54, 1.807) is 7.11 Å². The predicted molar refractivity (Wildman–Crippen MR) is 278 cm³/mol. The van der Waals surface area contributed by atoms with Gasteiger partial charge in [-0.1, -0.05) is 19.9 Å². The number of rotatable bonds is 12. The smallest absolute Gasteiger partial charge is 0.324 e. The normalized spacial score (nSPS) is 27.5. The van der Waals surface area contributed by atoms with Crippen LogP contribution in [0.1, 0.15) is 118 Å². The number of aromatic nitrogens is 3. The van der Waals surface area contributed by atoms with Gasteiger partial charge in [0.15, 0.2) is 0 Å². The molecule has 0 radical (unpaired) electrons. The van der Waals surface area contributed by atoms with Crippen LogP contribution in [0, 0.1) is 10.8 Å². The number of thiazole rings is 1. The molecule has 2 saturated carbocycles. The first kappa shape index (κ1) is 50.4. The third-order valence-electron chi connectivity index (χ3n) is 17.4. The fourth-order valence-corrected chi connectivity index (χ4v) is 13.7. The number of amides is 2. The zero-order valence-corrected chi connectivity index (χ0v) is 44.4. The standard InChI is InChI=1S/C56H74N8O9S/c1-34(68-4)47-41(25-37(29-57-47)35-11-15-61(16-12-35)38-8-9-38)49-42-28-55(2,3)31-73-54(67)43-6-5-14-64(60-43)53(66)48(59-51(65)46-13-20-72-46)50(62-17-21-69-22-18-62)52-58-44(30-74-52)36-7-10-45(40(42)24-36)63(49)19-23-71-39-26-56(27-39)32-70-33-56/h7,10,24-25,29-30,34-35,38-39,43,46,48,50,60H,5-6,8-9,11-23,26-28,31-33H2,1-4H3,(H,59,65)/t34-,43-,46-,48-,50-/m0/s1. The zero-order valence-electron chi connectivity index (χ0n) is 43.6. The summed E-state index contributed by atoms with van der Waals surface area (Å²) in [6.45, 7) is 14.5. The Morgan fingerprint density at radius 3 is 2.47 bits per heavy atom. The summed E-state index contributed by atoms with van der Waals surface area (Å²) in [6.07, 6.45) is 10.5. The molecule has 5 atom stereocenters. The van der Waals surface area contributed by atoms with E-state index in [4.69, 9.17) is 38.4 Å². The number of ether oxygens (including phenoxy) is 6. The van der Waals surface area contributed by atoms with Crippen LogP contribution in [0.2, 0.25) is 0 Å². The number of nitrogens with zero attached hydrogens (tertiary/aromatic N) is 6. The molecule has 6 aliphatic heterocycles. The lowest BCUT2D eigenvalue weighted by molar-refractivity contribution is -0.209. The lowest BCUT2D eigenvalue weighted by Crippen LogP contribution is -2.64. The number of cyclic esters (lactones) is 1. The molecule has 6 bridgehead atoms. The van der Waals surface area contributed by atoms with Crippen LogP contribution in [0.5, 0.6) is 0 Å². The minimum absolute atomic E-state index is 0.147. The van der Waals surface area contributed by atoms with E-state index in [0.717, 1.165) is 103 Å². The second-order valence-electron chi connectivity index (χ2n) is 23.3. The van der Waals surface area contributed by atoms with Gasteiger partial charge in [0.2, 0.25) is 5.91 Å². The van der Waals surface area contributed by atoms with Crippen LogP contribution in [-0.4, -0.2) is 164 Å². The Morgan fingerprint density at radius 1 is 0.959 bits per heavy atom. The number of benzene rings is 1. The minimum atomic E-state index is -1.04. The third kappa shape index (κ3) is 10.1. The molecule has 18 heteroatoms. The van der Waals surface area contributed by atoms with Gasteiger partial charge in [0.05, 0.1) is 81.6 Å². The van der Waals surface area contributed by atoms with Crippen LogP contribution in [0.3, 0.4) is 0 Å². The van der Waals surface area contributed by atoms with E-state index in [9.17, 15) is 9.59 Å². The number of carbonyl (C=O) groups excluding carboxylic acids is 3. The molecule has 4 aromatic rings. The Kier molecular flexibility index (Phi) is 14.2. The van der Waals surface area contributed by atoms with Crippen molar-refractivity contribution in [3.8, 4) is 22.5 Å². The van der Waals surface area contributed by atoms with Gasteiger partial charge in [0, 0.05) is 90.2 Å². The molecule has 398 valence electrons. The highest BCUT2D eigenvalue weighted by Gasteiger charge is 2.50. The number of hydrazine groups is 1. The molecule has 12 rings (SSSR count). The summed E-state index contributed by atoms with van der Waals surface area (Å²) >= 11 is 1.49. The number of hydrogen-bond acceptors (Lipinski definition) is 15. The molecular weight excluding hydrogens is 961 g/mol. The molecular formula is C56H74N8O9S. The van der Waals surface area contributed by atoms with Gasteiger partial charge in [-0.2, -0.15) is 0 Å². The molecule has 7 fully saturated rings. The van der Waals surface area contributed by atoms with E-state index < -0.39 is 35.6 Å². The summed E-state index contributed by atoms with van der Waals surface area (Å²) in [5.74, 6) is -0.698. The lowest BCUT2D eigenvalue weighted by Gasteiger charge is -2.52. The molecule has 2 N–H and O–H groups in total. The van der Waals surface area contributed by atoms with Crippen molar-refractivity contribution in [1.29, 1.82) is 0 Å². The Morgan fingerprint density at radius 2 is 1.76 bits per heavy atom. The van der Waals surface area contributed by atoms with Crippen molar-refractivity contribution in [3.05, 3.63) is 57.7 Å². The highest BCUT2D eigenvalue weighted by atomic mass is 32.1. The maximum absolute atomic E-state index is 15.0. The van der Waals surface area contributed by atoms with E-state index in [0.29, 0.717) is 89.2 Å². The summed E-state index contributed by atoms with van der Waals surface area (Å²) in [5, 5.41) is 8.51. The van der Waals surface area contributed by atoms with E-state index in [1.807, 2.05) is 0 Å². The van der Waals surface area contributed by atoms with Crippen LogP contribution in [-0.2, 0) is 55.8 Å². The molecule has 8 aliphatic rings. The topological polar surface area (TPSA) is 171 Å². The van der Waals surface area contributed by atoms with E-state index in [1.165, 1.54) is 34.8 Å². The van der Waals surface area contributed by atoms with Gasteiger partial charge < -0.3 is 43.2 Å². The van der Waals surface area contributed by atoms with Crippen LogP contribution >= 0.6 is 11.3 Å². The van der Waals surface area contributed by atoms with Crippen molar-refractivity contribution >= 4 is 40.0 Å². The molecule has 9 heterocycles. The largest absolute Gasteiger partial charge is 0.464 e. The van der Waals surface area contributed by atoms with Crippen molar-refractivity contribution in [3.63, 3.8) is 0 Å². The first-order valence-electron chi connectivity index (χ1n) is 27.5. The maximum Gasteiger partial charge on any atom is 0.324 e. The maximum atomic E-state index is 15.0. The molecule has 5 saturated heterocycles. The molecule has 3 aromatic heterocycles. The van der Waals surface area contributed by atoms with Gasteiger partial charge >= 0.3 is 5.97 Å². The number of pyridine rings is 1. The number of nitrogens with one attached hydrogen (secondary N) is 2. The first-order valence-corrected chi connectivity index (χ1v) is 28.4. The zero-order chi connectivity index (χ0) is 50.7. The summed E-state index contributed by atoms with van der Waals surface area (Å²) in [5.41, 5.74) is 11.2. The van der Waals surface area contributed by atoms with Crippen LogP contribution in [0.25, 0.3) is 33.4 Å². The number of piperidine rings is 1. The van der Waals surface area contributed by atoms with Crippen LogP contribution in [0.4, 0.5) is 0 Å². The highest BCUT2D eigenvalue weighted by molar-refractivity contribution is 7.10. The second-order valence-corrected chi connectivity index (χ2v) is 24.2. The molecule has 74 heavy (non-hydrogen) atoms. The van der Waals surface area contributed by atoms with Gasteiger partial charge in [-0.25, -0.2) is 10.4 Å². The quantitative estimate of drug-likeness (QED) is 0.151. The second kappa shape index (κ2) is 20.9. The highest BCUT2D eigenvalue weighted by Crippen LogP contribution is 2.49. The van der Waals surface area contributed by atoms with Crippen molar-refractivity contribution in [2.75, 3.05) is 86.1 Å². The Balaban J connectivity index is 0.997. The van der Waals surface area contributed by atoms with E-state index in [2.05, 4.69) is 81.7 Å². The number of esters is 1. The number of methoxy groups -OCH3 is 1. The Hall–Kier alpha value is -4.37. The SMILES string of the molecule is CO[C@@H](C)c1ncc(C2CCN(C3CC3)CC2)cc1-c1c2c3cc(ccc3n1CCOC1CC3(COC3)C1)-c1csc(n1)[C@@H](N1CCOCC1)[C@H](NC(=O)[C@@H]1CCO1)C(=O)N1CCC[C@H](N1)C(=O)OCC(C)(C)C2. The van der Waals surface area contributed by atoms with E-state index in [-0.39, 0.29) is 36.0 Å². The number of morpholine rings is 1. The fraction of sp³-hybridized carbons (Fsp3) is 0.661. The number of carbonyl (C=O) groups is 3. The predicted octanol–water partition coefficient (Wildman–Crippen LogP) is 6.34. The van der Waals surface area contributed by atoms with Gasteiger partial charge in [-0.15, -0.1) is 11.3 Å². The van der Waals surface area contributed by atoms with Gasteiger partial charge in [-0.3, -0.25) is 29.3 Å². The van der Waals surface area contributed by atoms with E-state index >= 15 is 4.79 Å². The number of likely N-dealkylation sites (tertiary alicyclic amines) is 1. The molecule has 1 spiro atoms. The molecule has 2 aliphatic carbocycles. The van der Waals surface area contributed by atoms with Gasteiger partial charge in [-0.05, 0) is 113 Å². The molecule has 1 aromatic carbocycles. The van der Waals surface area contributed by atoms with Crippen LogP contribution in [0.15, 0.2) is 35.8 Å². The number of fused-ring (bicyclic) bond motifs is 6. The fourth-order valence-electron chi connectivity index (χ4n) is 12.7. The first-order chi connectivity index (χ1) is 35.9. The summed E-state index contributed by atoms with van der Waals surface area (Å²) in [6, 6.07) is 7.40. The van der Waals surface area contributed by atoms with Crippen molar-refractivity contribution in [2.24, 2.45) is 10.8 Å². The molecule has 17 nitrogen and oxygen atoms in total. The minimum Gasteiger partial charge on any atom is -0.464 e. The Labute approximate surface area is 438 Å². The molecule has 2 amide bonds.